The van der Waals surface area contributed by atoms with E-state index in [9.17, 15) is 4.79 Å². The monoisotopic (exact) mass is 398 g/mol. The zero-order chi connectivity index (χ0) is 19.7. The summed E-state index contributed by atoms with van der Waals surface area (Å²) in [7, 11) is 3.45. The number of nitrogens with zero attached hydrogens (tertiary/aromatic N) is 4. The zero-order valence-corrected chi connectivity index (χ0v) is 16.8. The molecule has 6 nitrogen and oxygen atoms in total. The van der Waals surface area contributed by atoms with Gasteiger partial charge in [-0.05, 0) is 29.8 Å². The van der Waals surface area contributed by atoms with Crippen molar-refractivity contribution >= 4 is 28.3 Å². The zero-order valence-electron chi connectivity index (χ0n) is 16.1. The summed E-state index contributed by atoms with van der Waals surface area (Å²) in [5.41, 5.74) is 3.63. The van der Waals surface area contributed by atoms with E-state index in [2.05, 4.69) is 26.9 Å². The molecule has 1 aliphatic heterocycles. The van der Waals surface area contributed by atoms with Gasteiger partial charge in [-0.15, -0.1) is 0 Å². The van der Waals surface area contributed by atoms with Gasteiger partial charge in [-0.1, -0.05) is 23.7 Å². The Hall–Kier alpha value is -2.57. The van der Waals surface area contributed by atoms with Crippen LogP contribution in [0.25, 0.3) is 11.0 Å². The van der Waals surface area contributed by atoms with Gasteiger partial charge in [-0.25, -0.2) is 4.98 Å². The van der Waals surface area contributed by atoms with Crippen LogP contribution >= 0.6 is 11.6 Å². The number of piperazine rings is 1. The van der Waals surface area contributed by atoms with Crippen LogP contribution in [0.5, 0.6) is 5.75 Å². The van der Waals surface area contributed by atoms with Crippen LogP contribution < -0.4 is 15.2 Å². The molecular formula is C21H23ClN4O2. The Morgan fingerprint density at radius 2 is 1.89 bits per heavy atom. The predicted molar refractivity (Wildman–Crippen MR) is 112 cm³/mol. The number of ether oxygens (including phenoxy) is 1. The lowest BCUT2D eigenvalue weighted by molar-refractivity contribution is 0.249. The maximum Gasteiger partial charge on any atom is 0.252 e. The molecule has 0 aliphatic carbocycles. The van der Waals surface area contributed by atoms with Crippen LogP contribution in [-0.2, 0) is 13.6 Å². The van der Waals surface area contributed by atoms with Gasteiger partial charge in [0, 0.05) is 45.8 Å². The minimum Gasteiger partial charge on any atom is -0.497 e. The smallest absolute Gasteiger partial charge is 0.252 e. The van der Waals surface area contributed by atoms with Crippen molar-refractivity contribution in [3.05, 3.63) is 63.5 Å². The van der Waals surface area contributed by atoms with Crippen LogP contribution in [0.3, 0.4) is 0 Å². The molecule has 0 bridgehead atoms. The molecule has 0 amide bonds. The summed E-state index contributed by atoms with van der Waals surface area (Å²) in [5, 5.41) is 0.434. The molecule has 0 unspecified atom stereocenters. The molecule has 0 saturated carbocycles. The molecule has 1 aromatic carbocycles. The first-order chi connectivity index (χ1) is 13.5. The number of aromatic nitrogens is 2. The fourth-order valence-corrected chi connectivity index (χ4v) is 3.85. The Labute approximate surface area is 168 Å². The summed E-state index contributed by atoms with van der Waals surface area (Å²) in [5.74, 6) is 0.880. The van der Waals surface area contributed by atoms with Crippen molar-refractivity contribution in [2.24, 2.45) is 7.05 Å². The van der Waals surface area contributed by atoms with Gasteiger partial charge < -0.3 is 14.2 Å². The minimum atomic E-state index is -0.0366. The maximum absolute atomic E-state index is 12.4. The van der Waals surface area contributed by atoms with Gasteiger partial charge in [-0.3, -0.25) is 9.69 Å². The number of anilines is 1. The van der Waals surface area contributed by atoms with E-state index in [4.69, 9.17) is 16.3 Å². The lowest BCUT2D eigenvalue weighted by atomic mass is 10.1. The third-order valence-corrected chi connectivity index (χ3v) is 5.50. The van der Waals surface area contributed by atoms with Crippen molar-refractivity contribution in [2.75, 3.05) is 38.2 Å². The predicted octanol–water partition coefficient (Wildman–Crippen LogP) is 2.92. The van der Waals surface area contributed by atoms with E-state index in [-0.39, 0.29) is 5.56 Å². The average molecular weight is 399 g/mol. The van der Waals surface area contributed by atoms with Crippen LogP contribution in [0.4, 0.5) is 5.69 Å². The Morgan fingerprint density at radius 3 is 2.64 bits per heavy atom. The molecular weight excluding hydrogens is 376 g/mol. The normalized spacial score (nSPS) is 15.2. The second kappa shape index (κ2) is 7.81. The Balaban J connectivity index is 1.53. The third-order valence-electron chi connectivity index (χ3n) is 5.29. The number of halogens is 1. The van der Waals surface area contributed by atoms with Crippen LogP contribution in [0.2, 0.25) is 5.15 Å². The second-order valence-corrected chi connectivity index (χ2v) is 7.43. The highest BCUT2D eigenvalue weighted by atomic mass is 35.5. The molecule has 0 radical (unpaired) electrons. The average Bonchev–Trinajstić information content (AvgIpc) is 2.71. The van der Waals surface area contributed by atoms with Crippen LogP contribution in [0.15, 0.2) is 47.3 Å². The molecule has 146 valence electrons. The van der Waals surface area contributed by atoms with Gasteiger partial charge in [-0.2, -0.15) is 0 Å². The summed E-state index contributed by atoms with van der Waals surface area (Å²) in [4.78, 5) is 21.5. The number of fused-ring (bicyclic) bond motifs is 1. The Bertz CT molecular complexity index is 1060. The fraction of sp³-hybridized carbons (Fsp3) is 0.333. The van der Waals surface area contributed by atoms with E-state index >= 15 is 0 Å². The molecule has 4 rings (SSSR count). The molecule has 7 heteroatoms. The Kier molecular flexibility index (Phi) is 5.24. The van der Waals surface area contributed by atoms with Gasteiger partial charge in [0.1, 0.15) is 16.4 Å². The molecule has 1 fully saturated rings. The minimum absolute atomic E-state index is 0.0366. The highest BCUT2D eigenvalue weighted by Crippen LogP contribution is 2.26. The first-order valence-corrected chi connectivity index (χ1v) is 9.69. The third kappa shape index (κ3) is 3.70. The van der Waals surface area contributed by atoms with Crippen LogP contribution in [-0.4, -0.2) is 47.7 Å². The van der Waals surface area contributed by atoms with Crippen molar-refractivity contribution in [3.63, 3.8) is 0 Å². The molecule has 3 aromatic rings. The summed E-state index contributed by atoms with van der Waals surface area (Å²) in [6, 6.07) is 13.4. The molecule has 0 spiro atoms. The van der Waals surface area contributed by atoms with Crippen molar-refractivity contribution in [1.82, 2.24) is 14.5 Å². The number of methoxy groups -OCH3 is 1. The molecule has 0 atom stereocenters. The number of rotatable bonds is 4. The van der Waals surface area contributed by atoms with E-state index in [1.54, 1.807) is 30.9 Å². The van der Waals surface area contributed by atoms with Gasteiger partial charge >= 0.3 is 0 Å². The lowest BCUT2D eigenvalue weighted by Gasteiger charge is -2.36. The van der Waals surface area contributed by atoms with Crippen LogP contribution in [0, 0.1) is 0 Å². The molecule has 28 heavy (non-hydrogen) atoms. The van der Waals surface area contributed by atoms with Crippen LogP contribution in [0.1, 0.15) is 5.56 Å². The largest absolute Gasteiger partial charge is 0.497 e. The lowest BCUT2D eigenvalue weighted by Crippen LogP contribution is -2.46. The van der Waals surface area contributed by atoms with E-state index in [0.717, 1.165) is 55.2 Å². The molecule has 2 aromatic heterocycles. The van der Waals surface area contributed by atoms with Gasteiger partial charge in [0.15, 0.2) is 0 Å². The number of hydrogen-bond acceptors (Lipinski definition) is 5. The molecule has 1 saturated heterocycles. The quantitative estimate of drug-likeness (QED) is 0.632. The van der Waals surface area contributed by atoms with Crippen molar-refractivity contribution in [3.8, 4) is 5.75 Å². The maximum atomic E-state index is 12.4. The first kappa shape index (κ1) is 18.8. The van der Waals surface area contributed by atoms with Gasteiger partial charge in [0.2, 0.25) is 0 Å². The standard InChI is InChI=1S/C21H23ClN4O2/c1-24-17-6-7-19(22)23-21(17)18(13-20(24)27)26-10-8-25(9-11-26)14-15-4-3-5-16(12-15)28-2/h3-7,12-13H,8-11,14H2,1-2H3. The number of hydrogen-bond donors (Lipinski definition) is 0. The highest BCUT2D eigenvalue weighted by molar-refractivity contribution is 6.29. The van der Waals surface area contributed by atoms with Crippen molar-refractivity contribution < 1.29 is 4.74 Å². The molecule has 0 N–H and O–H groups in total. The summed E-state index contributed by atoms with van der Waals surface area (Å²) >= 11 is 6.12. The first-order valence-electron chi connectivity index (χ1n) is 9.31. The number of aryl methyl sites for hydroxylation is 1. The molecule has 3 heterocycles. The summed E-state index contributed by atoms with van der Waals surface area (Å²) < 4.78 is 6.93. The topological polar surface area (TPSA) is 50.6 Å². The SMILES string of the molecule is COc1cccc(CN2CCN(c3cc(=O)n(C)c4ccc(Cl)nc34)CC2)c1. The summed E-state index contributed by atoms with van der Waals surface area (Å²) in [6.07, 6.45) is 0. The second-order valence-electron chi connectivity index (χ2n) is 7.04. The van der Waals surface area contributed by atoms with Crippen molar-refractivity contribution in [1.29, 1.82) is 0 Å². The molecule has 1 aliphatic rings. The van der Waals surface area contributed by atoms with Crippen molar-refractivity contribution in [2.45, 2.75) is 6.54 Å². The Morgan fingerprint density at radius 1 is 1.11 bits per heavy atom. The van der Waals surface area contributed by atoms with Gasteiger partial charge in [0.05, 0.1) is 18.3 Å². The highest BCUT2D eigenvalue weighted by Gasteiger charge is 2.21. The van der Waals surface area contributed by atoms with Gasteiger partial charge in [0.25, 0.3) is 5.56 Å². The fourth-order valence-electron chi connectivity index (χ4n) is 3.70. The van der Waals surface area contributed by atoms with E-state index < -0.39 is 0 Å². The van der Waals surface area contributed by atoms with E-state index in [1.807, 2.05) is 18.2 Å². The number of benzene rings is 1. The van der Waals surface area contributed by atoms with E-state index in [1.165, 1.54) is 5.56 Å². The van der Waals surface area contributed by atoms with E-state index in [0.29, 0.717) is 5.15 Å². The number of pyridine rings is 2. The summed E-state index contributed by atoms with van der Waals surface area (Å²) in [6.45, 7) is 4.37.